The molecule has 0 saturated heterocycles. The molecule has 0 spiro atoms. The SMILES string of the molecule is C.C.C[I+]c1ccccc1.C[I+]c1ccccc1.O=S(=O)(NSOOC(F)(F)F)C(F)(F)F.O=S(=O)(NSOOC(F)(F)F)C(F)(F)F. The summed E-state index contributed by atoms with van der Waals surface area (Å²) in [5.41, 5.74) is -11.3. The van der Waals surface area contributed by atoms with Gasteiger partial charge >= 0.3 is 86.2 Å². The van der Waals surface area contributed by atoms with Gasteiger partial charge in [-0.3, -0.25) is 0 Å². The van der Waals surface area contributed by atoms with E-state index in [9.17, 15) is 69.5 Å². The third kappa shape index (κ3) is 29.2. The lowest BCUT2D eigenvalue weighted by Gasteiger charge is -2.08. The summed E-state index contributed by atoms with van der Waals surface area (Å²) in [7, 11) is -11.5. The minimum absolute atomic E-state index is 0. The van der Waals surface area contributed by atoms with Crippen LogP contribution in [0.15, 0.2) is 60.7 Å². The molecule has 2 aromatic rings. The van der Waals surface area contributed by atoms with E-state index in [1.165, 1.54) is 7.14 Å². The van der Waals surface area contributed by atoms with E-state index in [1.54, 1.807) is 0 Å². The molecule has 2 N–H and O–H groups in total. The summed E-state index contributed by atoms with van der Waals surface area (Å²) < 4.78 is 187. The van der Waals surface area contributed by atoms with Crippen LogP contribution in [-0.4, -0.2) is 50.4 Å². The molecule has 0 aliphatic heterocycles. The van der Waals surface area contributed by atoms with Crippen LogP contribution in [-0.2, 0) is 38.5 Å². The van der Waals surface area contributed by atoms with Crippen molar-refractivity contribution in [2.24, 2.45) is 0 Å². The Labute approximate surface area is 297 Å². The van der Waals surface area contributed by atoms with E-state index in [4.69, 9.17) is 0 Å². The predicted octanol–water partition coefficient (Wildman–Crippen LogP) is 1.34. The molecule has 0 unspecified atom stereocenters. The second-order valence-electron chi connectivity index (χ2n) is 6.40. The Balaban J connectivity index is -0.000000275. The summed E-state index contributed by atoms with van der Waals surface area (Å²) in [6, 6.07) is 21.3. The lowest BCUT2D eigenvalue weighted by atomic mass is 10.4. The molecule has 0 aliphatic carbocycles. The van der Waals surface area contributed by atoms with Gasteiger partial charge in [-0.1, -0.05) is 51.3 Å². The van der Waals surface area contributed by atoms with Gasteiger partial charge in [0.2, 0.25) is 0 Å². The lowest BCUT2D eigenvalue weighted by Crippen LogP contribution is -3.60. The van der Waals surface area contributed by atoms with Gasteiger partial charge in [-0.2, -0.15) is 26.3 Å². The van der Waals surface area contributed by atoms with Crippen LogP contribution >= 0.6 is 24.5 Å². The van der Waals surface area contributed by atoms with Crippen LogP contribution in [0.5, 0.6) is 0 Å². The zero-order chi connectivity index (χ0) is 36.3. The van der Waals surface area contributed by atoms with Gasteiger partial charge in [-0.15, -0.1) is 53.0 Å². The number of alkyl halides is 14. The molecule has 48 heavy (non-hydrogen) atoms. The van der Waals surface area contributed by atoms with E-state index in [0.717, 1.165) is 0 Å². The Hall–Kier alpha value is -0.580. The Morgan fingerprint density at radius 2 is 0.792 bits per heavy atom. The van der Waals surface area contributed by atoms with Crippen molar-refractivity contribution in [2.45, 2.75) is 38.6 Å². The standard InChI is InChI=1S/2C7H8I.2C2HF6NO4S2.2CH4/c2*1-8-7-5-3-2-4-6-7;2*3-1(4,5)12-13-14-9-15(10,11)2(6,7)8;;/h2*2-6H,1H3;2*9H;2*1H4/q2*+1;;;;. The molecule has 0 fully saturated rings. The second-order valence-corrected chi connectivity index (χ2v) is 15.9. The van der Waals surface area contributed by atoms with Crippen molar-refractivity contribution in [3.05, 3.63) is 67.8 Å². The molecule has 0 saturated carbocycles. The summed E-state index contributed by atoms with van der Waals surface area (Å²) in [6.45, 7) is 0. The molecule has 0 aliphatic rings. The maximum Gasteiger partial charge on any atom is 0.550 e. The largest absolute Gasteiger partial charge is 0.550 e. The molecule has 0 heterocycles. The fourth-order valence-corrected chi connectivity index (χ4v) is 5.59. The Morgan fingerprint density at radius 3 is 0.958 bits per heavy atom. The predicted molar refractivity (Wildman–Crippen MR) is 143 cm³/mol. The van der Waals surface area contributed by atoms with Crippen LogP contribution in [0.3, 0.4) is 0 Å². The normalized spacial score (nSPS) is 12.0. The van der Waals surface area contributed by atoms with Crippen LogP contribution in [0.2, 0.25) is 0 Å². The molecular weight excluding hydrogens is 1010 g/mol. The maximum absolute atomic E-state index is 11.5. The lowest BCUT2D eigenvalue weighted by molar-refractivity contribution is -0.597. The van der Waals surface area contributed by atoms with Gasteiger partial charge in [0.05, 0.1) is 0 Å². The third-order valence-corrected chi connectivity index (χ3v) is 10.8. The van der Waals surface area contributed by atoms with E-state index < -0.39 is 68.2 Å². The van der Waals surface area contributed by atoms with Crippen molar-refractivity contribution in [2.75, 3.05) is 9.86 Å². The average molecular weight is 1030 g/mol. The monoisotopic (exact) mass is 1030 g/mol. The van der Waals surface area contributed by atoms with Gasteiger partial charge in [-0.05, 0) is 24.3 Å². The van der Waals surface area contributed by atoms with Crippen LogP contribution in [0.25, 0.3) is 0 Å². The molecule has 2 aromatic carbocycles. The van der Waals surface area contributed by atoms with Gasteiger partial charge in [0, 0.05) is 0 Å². The Bertz CT molecular complexity index is 1210. The molecule has 0 radical (unpaired) electrons. The molecular formula is C20H26F12I2N2O8S4+2. The van der Waals surface area contributed by atoms with E-state index in [-0.39, 0.29) is 14.9 Å². The first-order valence-corrected chi connectivity index (χ1v) is 21.1. The molecule has 28 heteroatoms. The molecule has 284 valence electrons. The van der Waals surface area contributed by atoms with Crippen molar-refractivity contribution in [3.63, 3.8) is 0 Å². The van der Waals surface area contributed by atoms with Crippen molar-refractivity contribution in [1.82, 2.24) is 8.25 Å². The van der Waals surface area contributed by atoms with Gasteiger partial charge in [0.25, 0.3) is 0 Å². The third-order valence-electron chi connectivity index (χ3n) is 3.12. The van der Waals surface area contributed by atoms with E-state index in [2.05, 4.69) is 89.0 Å². The number of hydrogen-bond acceptors (Lipinski definition) is 10. The van der Waals surface area contributed by atoms with Crippen LogP contribution in [0, 0.1) is 7.14 Å². The fraction of sp³-hybridized carbons (Fsp3) is 0.400. The zero-order valence-electron chi connectivity index (χ0n) is 22.0. The van der Waals surface area contributed by atoms with Crippen LogP contribution in [0.1, 0.15) is 14.9 Å². The minimum atomic E-state index is -5.77. The highest BCUT2D eigenvalue weighted by Gasteiger charge is 2.47. The number of halogens is 14. The first-order valence-electron chi connectivity index (χ1n) is 10.2. The maximum atomic E-state index is 11.5. The molecule has 2 rings (SSSR count). The van der Waals surface area contributed by atoms with Gasteiger partial charge < -0.3 is 0 Å². The summed E-state index contributed by atoms with van der Waals surface area (Å²) in [4.78, 5) is 9.56. The summed E-state index contributed by atoms with van der Waals surface area (Å²) in [6.07, 6.45) is -10.5. The quantitative estimate of drug-likeness (QED) is 0.0527. The molecule has 0 aromatic heterocycles. The van der Waals surface area contributed by atoms with Crippen molar-refractivity contribution < 1.29 is 130 Å². The highest BCUT2D eigenvalue weighted by atomic mass is 127. The molecule has 0 atom stereocenters. The van der Waals surface area contributed by atoms with E-state index in [1.807, 2.05) is 0 Å². The molecule has 0 amide bonds. The highest BCUT2D eigenvalue weighted by molar-refractivity contribution is 8.07. The highest BCUT2D eigenvalue weighted by Crippen LogP contribution is 2.26. The van der Waals surface area contributed by atoms with Crippen molar-refractivity contribution in [1.29, 1.82) is 0 Å². The van der Waals surface area contributed by atoms with Crippen molar-refractivity contribution in [3.8, 4) is 0 Å². The number of benzene rings is 2. The Kier molecular flexibility index (Phi) is 28.7. The summed E-state index contributed by atoms with van der Waals surface area (Å²) in [5, 5.41) is 0. The molecule has 10 nitrogen and oxygen atoms in total. The molecule has 0 bridgehead atoms. The first kappa shape index (κ1) is 54.2. The first-order chi connectivity index (χ1) is 20.8. The second kappa shape index (κ2) is 25.4. The number of hydrogen-bond donors (Lipinski definition) is 2. The van der Waals surface area contributed by atoms with E-state index >= 15 is 0 Å². The fourth-order valence-electron chi connectivity index (χ4n) is 1.40. The summed E-state index contributed by atoms with van der Waals surface area (Å²) in [5.74, 6) is 0. The smallest absolute Gasteiger partial charge is 0.202 e. The average Bonchev–Trinajstić information content (AvgIpc) is 2.93. The van der Waals surface area contributed by atoms with Crippen molar-refractivity contribution >= 4 is 44.5 Å². The zero-order valence-corrected chi connectivity index (χ0v) is 29.5. The van der Waals surface area contributed by atoms with Gasteiger partial charge in [-0.25, -0.2) is 16.8 Å². The van der Waals surface area contributed by atoms with Crippen LogP contribution < -0.4 is 50.7 Å². The van der Waals surface area contributed by atoms with Gasteiger partial charge in [0.15, 0.2) is 7.14 Å². The number of rotatable bonds is 10. The van der Waals surface area contributed by atoms with Gasteiger partial charge in [0.1, 0.15) is 34.3 Å². The Morgan fingerprint density at radius 1 is 0.542 bits per heavy atom. The summed E-state index contributed by atoms with van der Waals surface area (Å²) >= 11 is -1.15. The van der Waals surface area contributed by atoms with Crippen LogP contribution in [0.4, 0.5) is 52.7 Å². The van der Waals surface area contributed by atoms with E-state index in [0.29, 0.717) is 50.7 Å². The number of sulfonamides is 2. The minimum Gasteiger partial charge on any atom is -0.202 e. The number of nitrogens with one attached hydrogen (secondary N) is 2. The topological polar surface area (TPSA) is 129 Å².